The van der Waals surface area contributed by atoms with Crippen LogP contribution in [0.5, 0.6) is 0 Å². The molecule has 0 aliphatic carbocycles. The Kier molecular flexibility index (Phi) is 4.17. The maximum atomic E-state index is 12.5. The van der Waals surface area contributed by atoms with Crippen LogP contribution in [0.1, 0.15) is 36.7 Å². The lowest BCUT2D eigenvalue weighted by molar-refractivity contribution is -0.127. The Morgan fingerprint density at radius 3 is 2.50 bits per heavy atom. The second-order valence-electron chi connectivity index (χ2n) is 6.67. The maximum absolute atomic E-state index is 12.5. The lowest BCUT2D eigenvalue weighted by Crippen LogP contribution is -2.45. The van der Waals surface area contributed by atoms with Gasteiger partial charge in [-0.1, -0.05) is 61.0 Å². The van der Waals surface area contributed by atoms with E-state index in [9.17, 15) is 9.59 Å². The molecule has 123 valence electrons. The third-order valence-corrected chi connectivity index (χ3v) is 4.41. The van der Waals surface area contributed by atoms with Crippen molar-refractivity contribution in [3.63, 3.8) is 0 Å². The molecule has 0 fully saturated rings. The summed E-state index contributed by atoms with van der Waals surface area (Å²) in [6.07, 6.45) is 0. The highest BCUT2D eigenvalue weighted by molar-refractivity contribution is 9.08. The molecular weight excluding hydrogens is 370 g/mol. The van der Waals surface area contributed by atoms with E-state index in [-0.39, 0.29) is 17.8 Å². The van der Waals surface area contributed by atoms with Crippen molar-refractivity contribution >= 4 is 50.2 Å². The average Bonchev–Trinajstić information content (AvgIpc) is 2.52. The van der Waals surface area contributed by atoms with Crippen LogP contribution in [-0.2, 0) is 10.1 Å². The average molecular weight is 387 g/mol. The van der Waals surface area contributed by atoms with E-state index in [0.29, 0.717) is 16.6 Å². The number of fused-ring (bicyclic) bond motifs is 3. The highest BCUT2D eigenvalue weighted by atomic mass is 79.9. The van der Waals surface area contributed by atoms with Crippen LogP contribution >= 0.6 is 15.9 Å². The monoisotopic (exact) mass is 386 g/mol. The van der Waals surface area contributed by atoms with E-state index in [1.54, 1.807) is 20.8 Å². The molecule has 1 aliphatic rings. The van der Waals surface area contributed by atoms with E-state index in [2.05, 4.69) is 31.6 Å². The summed E-state index contributed by atoms with van der Waals surface area (Å²) in [6, 6.07) is 9.54. The molecule has 1 heterocycles. The van der Waals surface area contributed by atoms with Crippen molar-refractivity contribution in [3.05, 3.63) is 41.5 Å². The third kappa shape index (κ3) is 2.94. The molecule has 2 aromatic rings. The summed E-state index contributed by atoms with van der Waals surface area (Å²) < 4.78 is 0. The fourth-order valence-electron chi connectivity index (χ4n) is 2.49. The Labute approximate surface area is 148 Å². The van der Waals surface area contributed by atoms with E-state index in [4.69, 9.17) is 0 Å². The largest absolute Gasteiger partial charge is 0.294 e. The number of rotatable bonds is 1. The lowest BCUT2D eigenvalue weighted by Gasteiger charge is -2.21. The van der Waals surface area contributed by atoms with Gasteiger partial charge < -0.3 is 0 Å². The summed E-state index contributed by atoms with van der Waals surface area (Å²) >= 11 is 3.48. The zero-order valence-electron chi connectivity index (χ0n) is 13.7. The number of guanidine groups is 1. The Bertz CT molecular complexity index is 882. The quantitative estimate of drug-likeness (QED) is 0.759. The Morgan fingerprint density at radius 1 is 1.21 bits per heavy atom. The summed E-state index contributed by atoms with van der Waals surface area (Å²) in [5, 5.41) is 9.04. The van der Waals surface area contributed by atoms with Gasteiger partial charge in [-0.3, -0.25) is 14.9 Å². The van der Waals surface area contributed by atoms with Crippen LogP contribution in [0.4, 0.5) is 5.69 Å². The Hall–Kier alpha value is -2.21. The van der Waals surface area contributed by atoms with Crippen molar-refractivity contribution < 1.29 is 9.59 Å². The van der Waals surface area contributed by atoms with Gasteiger partial charge in [-0.15, -0.1) is 0 Å². The number of halogens is 1. The first-order valence-electron chi connectivity index (χ1n) is 7.58. The van der Waals surface area contributed by atoms with Crippen molar-refractivity contribution in [2.24, 2.45) is 10.4 Å². The Balaban J connectivity index is 2.12. The molecule has 0 saturated carbocycles. The molecule has 1 aliphatic heterocycles. The van der Waals surface area contributed by atoms with Crippen LogP contribution in [0.3, 0.4) is 0 Å². The number of benzene rings is 2. The van der Waals surface area contributed by atoms with Gasteiger partial charge in [0.25, 0.3) is 5.91 Å². The van der Waals surface area contributed by atoms with Crippen LogP contribution in [0.25, 0.3) is 10.8 Å². The van der Waals surface area contributed by atoms with E-state index in [1.807, 2.05) is 30.3 Å². The number of nitrogens with zero attached hydrogens (tertiary/aromatic N) is 2. The number of carbonyl (C=O) groups excluding carboxylic acids is 2. The molecule has 2 amide bonds. The van der Waals surface area contributed by atoms with Gasteiger partial charge in [0.1, 0.15) is 0 Å². The van der Waals surface area contributed by atoms with E-state index in [0.717, 1.165) is 16.3 Å². The molecule has 0 atom stereocenters. The molecular formula is C18H17BrN3O2. The van der Waals surface area contributed by atoms with Crippen molar-refractivity contribution in [1.29, 1.82) is 0 Å². The summed E-state index contributed by atoms with van der Waals surface area (Å²) in [6.45, 7) is 5.37. The first-order chi connectivity index (χ1) is 11.3. The fourth-order valence-corrected chi connectivity index (χ4v) is 2.96. The van der Waals surface area contributed by atoms with Crippen molar-refractivity contribution in [2.45, 2.75) is 26.1 Å². The number of carbonyl (C=O) groups is 2. The number of aliphatic imine (C=N–C) groups is 1. The number of alkyl halides is 1. The molecule has 1 N–H and O–H groups in total. The van der Waals surface area contributed by atoms with Crippen LogP contribution in [-0.4, -0.2) is 17.8 Å². The lowest BCUT2D eigenvalue weighted by atomic mass is 9.95. The fraction of sp³-hybridized carbons (Fsp3) is 0.278. The predicted molar refractivity (Wildman–Crippen MR) is 97.7 cm³/mol. The van der Waals surface area contributed by atoms with Crippen molar-refractivity contribution in [1.82, 2.24) is 10.6 Å². The summed E-state index contributed by atoms with van der Waals surface area (Å²) in [7, 11) is 0. The van der Waals surface area contributed by atoms with Gasteiger partial charge in [-0.2, -0.15) is 5.32 Å². The molecule has 0 spiro atoms. The normalized spacial score (nSPS) is 14.0. The van der Waals surface area contributed by atoms with E-state index < -0.39 is 5.41 Å². The van der Waals surface area contributed by atoms with Crippen LogP contribution in [0.15, 0.2) is 35.3 Å². The minimum Gasteiger partial charge on any atom is -0.294 e. The highest BCUT2D eigenvalue weighted by Crippen LogP contribution is 2.34. The van der Waals surface area contributed by atoms with Gasteiger partial charge in [-0.05, 0) is 22.4 Å². The summed E-state index contributed by atoms with van der Waals surface area (Å²) in [5.41, 5.74) is 1.45. The van der Waals surface area contributed by atoms with Gasteiger partial charge in [0.05, 0.1) is 11.3 Å². The molecule has 5 nitrogen and oxygen atoms in total. The van der Waals surface area contributed by atoms with Gasteiger partial charge in [-0.25, -0.2) is 4.99 Å². The molecule has 0 saturated heterocycles. The second-order valence-corrected chi connectivity index (χ2v) is 7.23. The Morgan fingerprint density at radius 2 is 1.88 bits per heavy atom. The highest BCUT2D eigenvalue weighted by Gasteiger charge is 2.28. The zero-order chi connectivity index (χ0) is 17.5. The summed E-state index contributed by atoms with van der Waals surface area (Å²) in [5.74, 6) is -0.576. The first kappa shape index (κ1) is 16.6. The molecule has 3 rings (SSSR count). The van der Waals surface area contributed by atoms with Gasteiger partial charge in [0.15, 0.2) is 0 Å². The standard InChI is InChI=1S/C18H17BrN3O2/c1-18(2,3)16(24)22-17-20-13-8-10(9-19)11-6-4-5-7-12(11)14(13)15(23)21-17/h4-8H,9H2,1-3H3,(H,20,22,24). The maximum Gasteiger partial charge on any atom is 0.283 e. The summed E-state index contributed by atoms with van der Waals surface area (Å²) in [4.78, 5) is 29.0. The molecule has 2 aromatic carbocycles. The first-order valence-corrected chi connectivity index (χ1v) is 8.70. The van der Waals surface area contributed by atoms with Gasteiger partial charge >= 0.3 is 0 Å². The molecule has 0 unspecified atom stereocenters. The van der Waals surface area contributed by atoms with Crippen molar-refractivity contribution in [2.75, 3.05) is 0 Å². The topological polar surface area (TPSA) is 72.6 Å². The minimum atomic E-state index is -0.591. The van der Waals surface area contributed by atoms with Gasteiger partial charge in [0, 0.05) is 10.7 Å². The van der Waals surface area contributed by atoms with Crippen LogP contribution in [0, 0.1) is 5.41 Å². The number of amides is 2. The van der Waals surface area contributed by atoms with Crippen LogP contribution in [0.2, 0.25) is 0 Å². The molecule has 0 bridgehead atoms. The number of hydrogen-bond donors (Lipinski definition) is 1. The number of hydrogen-bond acceptors (Lipinski definition) is 3. The van der Waals surface area contributed by atoms with Crippen molar-refractivity contribution in [3.8, 4) is 0 Å². The molecule has 6 heteroatoms. The minimum absolute atomic E-state index is 0.0447. The van der Waals surface area contributed by atoms with Crippen LogP contribution < -0.4 is 10.6 Å². The second kappa shape index (κ2) is 6.02. The molecule has 0 aromatic heterocycles. The van der Waals surface area contributed by atoms with E-state index >= 15 is 0 Å². The van der Waals surface area contributed by atoms with Gasteiger partial charge in [0.2, 0.25) is 11.9 Å². The molecule has 24 heavy (non-hydrogen) atoms. The zero-order valence-corrected chi connectivity index (χ0v) is 15.3. The third-order valence-electron chi connectivity index (χ3n) is 3.81. The SMILES string of the molecule is CC(C)(C)C(=O)NC1=Nc2cc(CBr)c3ccccc3c2C(=O)[N]1. The predicted octanol–water partition coefficient (Wildman–Crippen LogP) is 3.64. The molecule has 1 radical (unpaired) electrons. The smallest absolute Gasteiger partial charge is 0.283 e. The van der Waals surface area contributed by atoms with E-state index in [1.165, 1.54) is 0 Å². The number of nitrogens with one attached hydrogen (secondary N) is 1.